The zero-order chi connectivity index (χ0) is 18.9. The van der Waals surface area contributed by atoms with Crippen LogP contribution in [0.5, 0.6) is 11.5 Å². The highest BCUT2D eigenvalue weighted by atomic mass is 16.5. The van der Waals surface area contributed by atoms with E-state index in [9.17, 15) is 0 Å². The SMILES string of the molecule is C=CCOc1c(CC=C)cc(CNc2ccc(C)cc2C)cc1OCC. The van der Waals surface area contributed by atoms with E-state index in [-0.39, 0.29) is 0 Å². The van der Waals surface area contributed by atoms with Crippen LogP contribution in [0.4, 0.5) is 5.69 Å². The number of ether oxygens (including phenoxy) is 2. The van der Waals surface area contributed by atoms with Gasteiger partial charge in [-0.3, -0.25) is 0 Å². The fourth-order valence-corrected chi connectivity index (χ4v) is 2.91. The van der Waals surface area contributed by atoms with Crippen LogP contribution < -0.4 is 14.8 Å². The van der Waals surface area contributed by atoms with E-state index in [0.717, 1.165) is 41.3 Å². The first-order chi connectivity index (χ1) is 12.6. The number of nitrogens with one attached hydrogen (secondary N) is 1. The number of hydrogen-bond acceptors (Lipinski definition) is 3. The Morgan fingerprint density at radius 1 is 1.04 bits per heavy atom. The average Bonchev–Trinajstić information content (AvgIpc) is 2.61. The first kappa shape index (κ1) is 19.6. The Labute approximate surface area is 157 Å². The Kier molecular flexibility index (Phi) is 7.34. The summed E-state index contributed by atoms with van der Waals surface area (Å²) < 4.78 is 11.7. The van der Waals surface area contributed by atoms with Crippen molar-refractivity contribution in [3.05, 3.63) is 77.9 Å². The number of anilines is 1. The molecule has 0 heterocycles. The van der Waals surface area contributed by atoms with Gasteiger partial charge in [-0.1, -0.05) is 36.4 Å². The molecule has 138 valence electrons. The maximum atomic E-state index is 5.86. The molecule has 0 saturated carbocycles. The second kappa shape index (κ2) is 9.71. The van der Waals surface area contributed by atoms with Gasteiger partial charge in [-0.25, -0.2) is 0 Å². The average molecular weight is 351 g/mol. The minimum Gasteiger partial charge on any atom is -0.490 e. The standard InChI is InChI=1S/C23H29NO2/c1-6-9-20-14-19(15-22(25-8-3)23(20)26-12-7-2)16-24-21-11-10-17(4)13-18(21)5/h6-7,10-11,13-15,24H,1-2,8-9,12,16H2,3-5H3. The molecule has 0 aromatic heterocycles. The molecule has 0 aliphatic heterocycles. The van der Waals surface area contributed by atoms with E-state index >= 15 is 0 Å². The molecule has 0 saturated heterocycles. The molecular formula is C23H29NO2. The molecule has 3 heteroatoms. The van der Waals surface area contributed by atoms with Crippen LogP contribution in [0, 0.1) is 13.8 Å². The van der Waals surface area contributed by atoms with Gasteiger partial charge in [0, 0.05) is 17.8 Å². The predicted octanol–water partition coefficient (Wildman–Crippen LogP) is 5.61. The van der Waals surface area contributed by atoms with E-state index < -0.39 is 0 Å². The van der Waals surface area contributed by atoms with Crippen molar-refractivity contribution < 1.29 is 9.47 Å². The van der Waals surface area contributed by atoms with E-state index in [1.165, 1.54) is 11.1 Å². The van der Waals surface area contributed by atoms with Crippen LogP contribution >= 0.6 is 0 Å². The number of benzene rings is 2. The number of hydrogen-bond donors (Lipinski definition) is 1. The molecule has 0 bridgehead atoms. The molecule has 1 N–H and O–H groups in total. The molecule has 3 nitrogen and oxygen atoms in total. The lowest BCUT2D eigenvalue weighted by atomic mass is 10.0. The van der Waals surface area contributed by atoms with Crippen molar-refractivity contribution in [1.82, 2.24) is 0 Å². The summed E-state index contributed by atoms with van der Waals surface area (Å²) in [5.74, 6) is 1.55. The molecular weight excluding hydrogens is 322 g/mol. The predicted molar refractivity (Wildman–Crippen MR) is 110 cm³/mol. The Bertz CT molecular complexity index is 765. The summed E-state index contributed by atoms with van der Waals surface area (Å²) in [5, 5.41) is 3.52. The lowest BCUT2D eigenvalue weighted by Gasteiger charge is -2.18. The van der Waals surface area contributed by atoms with Gasteiger partial charge in [-0.05, 0) is 56.5 Å². The third kappa shape index (κ3) is 5.16. The summed E-state index contributed by atoms with van der Waals surface area (Å²) in [6.45, 7) is 15.6. The topological polar surface area (TPSA) is 30.5 Å². The highest BCUT2D eigenvalue weighted by Gasteiger charge is 2.13. The van der Waals surface area contributed by atoms with Gasteiger partial charge in [0.05, 0.1) is 6.61 Å². The normalized spacial score (nSPS) is 10.3. The fraction of sp³-hybridized carbons (Fsp3) is 0.304. The quantitative estimate of drug-likeness (QED) is 0.565. The van der Waals surface area contributed by atoms with Gasteiger partial charge >= 0.3 is 0 Å². The van der Waals surface area contributed by atoms with Gasteiger partial charge in [-0.15, -0.1) is 6.58 Å². The monoisotopic (exact) mass is 351 g/mol. The van der Waals surface area contributed by atoms with Crippen LogP contribution in [0.3, 0.4) is 0 Å². The number of rotatable bonds is 10. The van der Waals surface area contributed by atoms with E-state index in [1.807, 2.05) is 19.1 Å². The van der Waals surface area contributed by atoms with Crippen LogP contribution in [-0.2, 0) is 13.0 Å². The van der Waals surface area contributed by atoms with Crippen molar-refractivity contribution >= 4 is 5.69 Å². The molecule has 2 aromatic rings. The summed E-state index contributed by atoms with van der Waals surface area (Å²) in [6, 6.07) is 10.6. The first-order valence-electron chi connectivity index (χ1n) is 9.03. The largest absolute Gasteiger partial charge is 0.490 e. The van der Waals surface area contributed by atoms with Crippen molar-refractivity contribution in [2.24, 2.45) is 0 Å². The maximum absolute atomic E-state index is 5.86. The molecule has 0 unspecified atom stereocenters. The van der Waals surface area contributed by atoms with Crippen molar-refractivity contribution in [3.8, 4) is 11.5 Å². The zero-order valence-electron chi connectivity index (χ0n) is 16.1. The Hall–Kier alpha value is -2.68. The van der Waals surface area contributed by atoms with Gasteiger partial charge in [0.15, 0.2) is 11.5 Å². The lowest BCUT2D eigenvalue weighted by Crippen LogP contribution is -2.06. The Morgan fingerprint density at radius 2 is 1.85 bits per heavy atom. The maximum Gasteiger partial charge on any atom is 0.165 e. The van der Waals surface area contributed by atoms with Gasteiger partial charge in [-0.2, -0.15) is 0 Å². The molecule has 26 heavy (non-hydrogen) atoms. The summed E-state index contributed by atoms with van der Waals surface area (Å²) in [6.07, 6.45) is 4.35. The van der Waals surface area contributed by atoms with Crippen LogP contribution in [0.25, 0.3) is 0 Å². The minimum atomic E-state index is 0.449. The van der Waals surface area contributed by atoms with Crippen molar-refractivity contribution in [3.63, 3.8) is 0 Å². The summed E-state index contributed by atoms with van der Waals surface area (Å²) in [4.78, 5) is 0. The highest BCUT2D eigenvalue weighted by molar-refractivity contribution is 5.54. The van der Waals surface area contributed by atoms with Crippen LogP contribution in [0.1, 0.15) is 29.2 Å². The highest BCUT2D eigenvalue weighted by Crippen LogP contribution is 2.34. The third-order valence-corrected chi connectivity index (χ3v) is 4.07. The van der Waals surface area contributed by atoms with E-state index in [1.54, 1.807) is 6.08 Å². The van der Waals surface area contributed by atoms with Crippen molar-refractivity contribution in [2.45, 2.75) is 33.7 Å². The molecule has 2 rings (SSSR count). The second-order valence-electron chi connectivity index (χ2n) is 6.28. The van der Waals surface area contributed by atoms with Crippen molar-refractivity contribution in [2.75, 3.05) is 18.5 Å². The molecule has 2 aromatic carbocycles. The number of aryl methyl sites for hydroxylation is 2. The first-order valence-corrected chi connectivity index (χ1v) is 9.03. The molecule has 0 amide bonds. The third-order valence-electron chi connectivity index (χ3n) is 4.07. The molecule has 0 radical (unpaired) electrons. The van der Waals surface area contributed by atoms with E-state index in [0.29, 0.717) is 13.2 Å². The molecule has 0 aliphatic carbocycles. The van der Waals surface area contributed by atoms with Crippen molar-refractivity contribution in [1.29, 1.82) is 0 Å². The molecule has 0 spiro atoms. The van der Waals surface area contributed by atoms with Gasteiger partial charge in [0.25, 0.3) is 0 Å². The molecule has 0 fully saturated rings. The van der Waals surface area contributed by atoms with E-state index in [2.05, 4.69) is 56.6 Å². The summed E-state index contributed by atoms with van der Waals surface area (Å²) in [7, 11) is 0. The Morgan fingerprint density at radius 3 is 2.50 bits per heavy atom. The number of allylic oxidation sites excluding steroid dienone is 1. The van der Waals surface area contributed by atoms with E-state index in [4.69, 9.17) is 9.47 Å². The molecule has 0 atom stereocenters. The summed E-state index contributed by atoms with van der Waals surface area (Å²) >= 11 is 0. The van der Waals surface area contributed by atoms with Crippen LogP contribution in [-0.4, -0.2) is 13.2 Å². The lowest BCUT2D eigenvalue weighted by molar-refractivity contribution is 0.294. The fourth-order valence-electron chi connectivity index (χ4n) is 2.91. The smallest absolute Gasteiger partial charge is 0.165 e. The van der Waals surface area contributed by atoms with Gasteiger partial charge < -0.3 is 14.8 Å². The van der Waals surface area contributed by atoms with Gasteiger partial charge in [0.1, 0.15) is 6.61 Å². The minimum absolute atomic E-state index is 0.449. The van der Waals surface area contributed by atoms with Gasteiger partial charge in [0.2, 0.25) is 0 Å². The summed E-state index contributed by atoms with van der Waals surface area (Å²) in [5.41, 5.74) is 5.88. The molecule has 0 aliphatic rings. The zero-order valence-corrected chi connectivity index (χ0v) is 16.1. The Balaban J connectivity index is 2.29. The second-order valence-corrected chi connectivity index (χ2v) is 6.28. The van der Waals surface area contributed by atoms with Crippen LogP contribution in [0.15, 0.2) is 55.6 Å². The van der Waals surface area contributed by atoms with Crippen LogP contribution in [0.2, 0.25) is 0 Å².